The minimum absolute atomic E-state index is 0.0421. The molecule has 88 valence electrons. The monoisotopic (exact) mass is 266 g/mol. The quantitative estimate of drug-likeness (QED) is 0.867. The number of ether oxygens (including phenoxy) is 1. The Morgan fingerprint density at radius 2 is 2.41 bits per heavy atom. The molecule has 1 saturated heterocycles. The summed E-state index contributed by atoms with van der Waals surface area (Å²) in [4.78, 5) is 15.4. The van der Waals surface area contributed by atoms with E-state index in [2.05, 4.69) is 16.4 Å². The van der Waals surface area contributed by atoms with E-state index < -0.39 is 0 Å². The standard InChI is InChI=1S/C11H10N2O2S2/c14-10-12-5-7(15-10)6-16-11-13-8-3-1-2-4-9(8)17-11/h1-4,7H,5-6H2,(H,12,14)/t7-/m0/s1. The Kier molecular flexibility index (Phi) is 2.90. The smallest absolute Gasteiger partial charge is 0.407 e. The number of hydrogen-bond acceptors (Lipinski definition) is 5. The summed E-state index contributed by atoms with van der Waals surface area (Å²) in [5, 5.41) is 2.64. The molecule has 1 aromatic carbocycles. The van der Waals surface area contributed by atoms with E-state index in [1.165, 1.54) is 4.70 Å². The van der Waals surface area contributed by atoms with Crippen molar-refractivity contribution < 1.29 is 9.53 Å². The Morgan fingerprint density at radius 1 is 1.53 bits per heavy atom. The molecule has 0 aliphatic carbocycles. The molecular formula is C11H10N2O2S2. The van der Waals surface area contributed by atoms with Crippen LogP contribution in [0.15, 0.2) is 28.6 Å². The minimum Gasteiger partial charge on any atom is -0.443 e. The van der Waals surface area contributed by atoms with Gasteiger partial charge in [0.05, 0.1) is 16.8 Å². The van der Waals surface area contributed by atoms with Gasteiger partial charge in [0.1, 0.15) is 6.10 Å². The summed E-state index contributed by atoms with van der Waals surface area (Å²) in [6, 6.07) is 8.07. The van der Waals surface area contributed by atoms with Crippen molar-refractivity contribution in [3.8, 4) is 0 Å². The van der Waals surface area contributed by atoms with E-state index in [0.29, 0.717) is 6.54 Å². The van der Waals surface area contributed by atoms with Gasteiger partial charge in [0.15, 0.2) is 4.34 Å². The Hall–Kier alpha value is -1.27. The minimum atomic E-state index is -0.320. The molecule has 3 rings (SSSR count). The molecule has 0 bridgehead atoms. The van der Waals surface area contributed by atoms with Crippen molar-refractivity contribution in [2.75, 3.05) is 12.3 Å². The van der Waals surface area contributed by atoms with Gasteiger partial charge in [-0.1, -0.05) is 23.9 Å². The molecule has 4 nitrogen and oxygen atoms in total. The fraction of sp³-hybridized carbons (Fsp3) is 0.273. The number of hydrogen-bond donors (Lipinski definition) is 1. The number of carbonyl (C=O) groups excluding carboxylic acids is 1. The number of alkyl carbamates (subject to hydrolysis) is 1. The highest BCUT2D eigenvalue weighted by Gasteiger charge is 2.22. The molecule has 0 unspecified atom stereocenters. The number of nitrogens with zero attached hydrogens (tertiary/aromatic N) is 1. The number of aromatic nitrogens is 1. The van der Waals surface area contributed by atoms with Crippen molar-refractivity contribution in [2.24, 2.45) is 0 Å². The first-order valence-electron chi connectivity index (χ1n) is 5.24. The van der Waals surface area contributed by atoms with Gasteiger partial charge in [-0.15, -0.1) is 11.3 Å². The van der Waals surface area contributed by atoms with Crippen molar-refractivity contribution >= 4 is 39.4 Å². The summed E-state index contributed by atoms with van der Waals surface area (Å²) in [6.45, 7) is 0.594. The topological polar surface area (TPSA) is 51.2 Å². The highest BCUT2D eigenvalue weighted by atomic mass is 32.2. The molecule has 1 aliphatic heterocycles. The molecule has 1 N–H and O–H groups in total. The van der Waals surface area contributed by atoms with Crippen LogP contribution in [0.5, 0.6) is 0 Å². The molecule has 2 heterocycles. The Labute approximate surface area is 106 Å². The SMILES string of the molecule is O=C1NC[C@@H](CSc2nc3ccccc3s2)O1. The molecule has 0 spiro atoms. The molecular weight excluding hydrogens is 256 g/mol. The molecule has 1 amide bonds. The summed E-state index contributed by atoms with van der Waals surface area (Å²) in [5.74, 6) is 0.749. The number of carbonyl (C=O) groups is 1. The highest BCUT2D eigenvalue weighted by molar-refractivity contribution is 8.01. The Balaban J connectivity index is 1.66. The largest absolute Gasteiger partial charge is 0.443 e. The number of benzene rings is 1. The van der Waals surface area contributed by atoms with Crippen molar-refractivity contribution in [3.63, 3.8) is 0 Å². The van der Waals surface area contributed by atoms with Gasteiger partial charge in [-0.2, -0.15) is 0 Å². The zero-order valence-corrected chi connectivity index (χ0v) is 10.5. The number of amides is 1. The third-order valence-corrected chi connectivity index (χ3v) is 4.73. The molecule has 0 saturated carbocycles. The van der Waals surface area contributed by atoms with Gasteiger partial charge >= 0.3 is 6.09 Å². The van der Waals surface area contributed by atoms with Crippen LogP contribution >= 0.6 is 23.1 Å². The van der Waals surface area contributed by atoms with Crippen molar-refractivity contribution in [1.29, 1.82) is 0 Å². The van der Waals surface area contributed by atoms with Gasteiger partial charge < -0.3 is 10.1 Å². The van der Waals surface area contributed by atoms with E-state index in [1.54, 1.807) is 23.1 Å². The van der Waals surface area contributed by atoms with Crippen LogP contribution in [0, 0.1) is 0 Å². The van der Waals surface area contributed by atoms with Crippen LogP contribution in [0.1, 0.15) is 0 Å². The van der Waals surface area contributed by atoms with Crippen LogP contribution in [0.4, 0.5) is 4.79 Å². The van der Waals surface area contributed by atoms with Crippen molar-refractivity contribution in [1.82, 2.24) is 10.3 Å². The highest BCUT2D eigenvalue weighted by Crippen LogP contribution is 2.30. The molecule has 1 atom stereocenters. The summed E-state index contributed by atoms with van der Waals surface area (Å²) in [5.41, 5.74) is 1.03. The summed E-state index contributed by atoms with van der Waals surface area (Å²) in [7, 11) is 0. The predicted molar refractivity (Wildman–Crippen MR) is 68.6 cm³/mol. The third kappa shape index (κ3) is 2.37. The number of thiazole rings is 1. The summed E-state index contributed by atoms with van der Waals surface area (Å²) >= 11 is 3.31. The van der Waals surface area contributed by atoms with Crippen LogP contribution in [0.3, 0.4) is 0 Å². The predicted octanol–water partition coefficient (Wildman–Crippen LogP) is 2.50. The zero-order chi connectivity index (χ0) is 11.7. The average Bonchev–Trinajstić information content (AvgIpc) is 2.91. The van der Waals surface area contributed by atoms with Crippen LogP contribution in [0.2, 0.25) is 0 Å². The number of para-hydroxylation sites is 1. The maximum absolute atomic E-state index is 10.9. The second kappa shape index (κ2) is 4.54. The van der Waals surface area contributed by atoms with Crippen LogP contribution in [0.25, 0.3) is 10.2 Å². The molecule has 6 heteroatoms. The van der Waals surface area contributed by atoms with Gasteiger partial charge in [0.2, 0.25) is 0 Å². The van der Waals surface area contributed by atoms with E-state index in [-0.39, 0.29) is 12.2 Å². The van der Waals surface area contributed by atoms with E-state index in [1.807, 2.05) is 18.2 Å². The van der Waals surface area contributed by atoms with Gasteiger partial charge in [0, 0.05) is 5.75 Å². The van der Waals surface area contributed by atoms with Gasteiger partial charge in [-0.3, -0.25) is 0 Å². The first-order chi connectivity index (χ1) is 8.31. The second-order valence-corrected chi connectivity index (χ2v) is 5.96. The maximum Gasteiger partial charge on any atom is 0.407 e. The van der Waals surface area contributed by atoms with Crippen molar-refractivity contribution in [2.45, 2.75) is 10.4 Å². The molecule has 1 fully saturated rings. The number of thioether (sulfide) groups is 1. The molecule has 1 aromatic heterocycles. The Bertz CT molecular complexity index is 522. The number of nitrogens with one attached hydrogen (secondary N) is 1. The van der Waals surface area contributed by atoms with E-state index in [9.17, 15) is 4.79 Å². The fourth-order valence-electron chi connectivity index (χ4n) is 1.60. The third-order valence-electron chi connectivity index (χ3n) is 2.41. The van der Waals surface area contributed by atoms with Crippen LogP contribution < -0.4 is 5.32 Å². The molecule has 17 heavy (non-hydrogen) atoms. The lowest BCUT2D eigenvalue weighted by molar-refractivity contribution is 0.150. The molecule has 0 radical (unpaired) electrons. The second-order valence-electron chi connectivity index (χ2n) is 3.67. The first-order valence-corrected chi connectivity index (χ1v) is 7.04. The normalized spacial score (nSPS) is 19.3. The lowest BCUT2D eigenvalue weighted by Crippen LogP contribution is -2.16. The number of fused-ring (bicyclic) bond motifs is 1. The van der Waals surface area contributed by atoms with E-state index in [4.69, 9.17) is 4.74 Å². The maximum atomic E-state index is 10.9. The molecule has 2 aromatic rings. The van der Waals surface area contributed by atoms with E-state index in [0.717, 1.165) is 15.6 Å². The van der Waals surface area contributed by atoms with Crippen LogP contribution in [-0.2, 0) is 4.74 Å². The Morgan fingerprint density at radius 3 is 3.18 bits per heavy atom. The summed E-state index contributed by atoms with van der Waals surface area (Å²) in [6.07, 6.45) is -0.362. The van der Waals surface area contributed by atoms with Gasteiger partial charge in [-0.25, -0.2) is 9.78 Å². The van der Waals surface area contributed by atoms with Gasteiger partial charge in [0.25, 0.3) is 0 Å². The lowest BCUT2D eigenvalue weighted by Gasteiger charge is -2.04. The van der Waals surface area contributed by atoms with E-state index >= 15 is 0 Å². The lowest BCUT2D eigenvalue weighted by atomic mass is 10.3. The zero-order valence-electron chi connectivity index (χ0n) is 8.88. The fourth-order valence-corrected chi connectivity index (χ4v) is 3.69. The van der Waals surface area contributed by atoms with Crippen molar-refractivity contribution in [3.05, 3.63) is 24.3 Å². The first kappa shape index (κ1) is 10.9. The number of rotatable bonds is 3. The number of cyclic esters (lactones) is 1. The average molecular weight is 266 g/mol. The van der Waals surface area contributed by atoms with Gasteiger partial charge in [-0.05, 0) is 12.1 Å². The molecule has 1 aliphatic rings. The van der Waals surface area contributed by atoms with Crippen LogP contribution in [-0.4, -0.2) is 29.5 Å². The summed E-state index contributed by atoms with van der Waals surface area (Å²) < 4.78 is 7.28.